The molecule has 0 saturated carbocycles. The minimum atomic E-state index is -3.05. The van der Waals surface area contributed by atoms with Crippen molar-refractivity contribution < 1.29 is 12.8 Å². The molecule has 1 fully saturated rings. The third-order valence-electron chi connectivity index (χ3n) is 2.76. The van der Waals surface area contributed by atoms with Gasteiger partial charge in [0.2, 0.25) is 0 Å². The van der Waals surface area contributed by atoms with E-state index in [0.29, 0.717) is 5.56 Å². The molecule has 2 unspecified atom stereocenters. The van der Waals surface area contributed by atoms with Crippen LogP contribution in [0.25, 0.3) is 0 Å². The minimum absolute atomic E-state index is 0.0138. The van der Waals surface area contributed by atoms with Crippen molar-refractivity contribution in [1.82, 2.24) is 5.32 Å². The zero-order chi connectivity index (χ0) is 12.6. The summed E-state index contributed by atoms with van der Waals surface area (Å²) < 4.78 is 36.3. The number of hydrogen-bond donors (Lipinski definition) is 1. The number of benzene rings is 1. The molecule has 94 valence electrons. The zero-order valence-electron chi connectivity index (χ0n) is 9.28. The van der Waals surface area contributed by atoms with Crippen LogP contribution in [0.15, 0.2) is 18.2 Å². The second kappa shape index (κ2) is 4.55. The first-order valence-electron chi connectivity index (χ1n) is 5.29. The highest BCUT2D eigenvalue weighted by molar-refractivity contribution is 7.91. The molecular formula is C11H13ClFNO2S. The summed E-state index contributed by atoms with van der Waals surface area (Å²) in [6.07, 6.45) is 0. The molecule has 3 nitrogen and oxygen atoms in total. The van der Waals surface area contributed by atoms with Crippen LogP contribution >= 0.6 is 11.6 Å². The van der Waals surface area contributed by atoms with Crippen molar-refractivity contribution in [3.05, 3.63) is 34.6 Å². The van der Waals surface area contributed by atoms with E-state index in [2.05, 4.69) is 5.32 Å². The van der Waals surface area contributed by atoms with Gasteiger partial charge >= 0.3 is 0 Å². The number of rotatable bonds is 1. The number of nitrogens with one attached hydrogen (secondary N) is 1. The smallest absolute Gasteiger partial charge is 0.153 e. The largest absolute Gasteiger partial charge is 0.306 e. The summed E-state index contributed by atoms with van der Waals surface area (Å²) >= 11 is 5.69. The first kappa shape index (κ1) is 12.8. The van der Waals surface area contributed by atoms with Crippen LogP contribution in [0.1, 0.15) is 18.5 Å². The third kappa shape index (κ3) is 2.97. The lowest BCUT2D eigenvalue weighted by atomic mass is 10.1. The number of halogens is 2. The highest BCUT2D eigenvalue weighted by Gasteiger charge is 2.29. The summed E-state index contributed by atoms with van der Waals surface area (Å²) in [5, 5.41) is 3.19. The maximum atomic E-state index is 13.0. The molecule has 1 aromatic rings. The fraction of sp³-hybridized carbons (Fsp3) is 0.455. The molecule has 0 bridgehead atoms. The lowest BCUT2D eigenvalue weighted by Gasteiger charge is -2.29. The Bertz CT molecular complexity index is 532. The average molecular weight is 278 g/mol. The van der Waals surface area contributed by atoms with Gasteiger partial charge in [0.1, 0.15) is 5.82 Å². The van der Waals surface area contributed by atoms with Gasteiger partial charge in [-0.15, -0.1) is 0 Å². The van der Waals surface area contributed by atoms with Gasteiger partial charge in [0.25, 0.3) is 0 Å². The molecule has 0 radical (unpaired) electrons. The molecule has 0 aliphatic carbocycles. The van der Waals surface area contributed by atoms with E-state index in [9.17, 15) is 12.8 Å². The lowest BCUT2D eigenvalue weighted by molar-refractivity contribution is 0.468. The SMILES string of the molecule is CC1CS(=O)(=O)CC(c2ccc(F)c(Cl)c2)N1. The van der Waals surface area contributed by atoms with E-state index in [0.717, 1.165) is 0 Å². The van der Waals surface area contributed by atoms with Crippen molar-refractivity contribution in [2.24, 2.45) is 0 Å². The summed E-state index contributed by atoms with van der Waals surface area (Å²) in [7, 11) is -3.05. The van der Waals surface area contributed by atoms with E-state index in [1.54, 1.807) is 6.07 Å². The Balaban J connectivity index is 2.30. The molecular weight excluding hydrogens is 265 g/mol. The Morgan fingerprint density at radius 3 is 2.71 bits per heavy atom. The van der Waals surface area contributed by atoms with Gasteiger partial charge in [-0.3, -0.25) is 0 Å². The molecule has 1 aliphatic rings. The van der Waals surface area contributed by atoms with Crippen LogP contribution < -0.4 is 5.32 Å². The lowest BCUT2D eigenvalue weighted by Crippen LogP contribution is -2.45. The molecule has 0 aromatic heterocycles. The summed E-state index contributed by atoms with van der Waals surface area (Å²) in [6.45, 7) is 1.81. The van der Waals surface area contributed by atoms with Crippen molar-refractivity contribution in [2.75, 3.05) is 11.5 Å². The molecule has 1 aromatic carbocycles. The van der Waals surface area contributed by atoms with E-state index >= 15 is 0 Å². The number of sulfone groups is 1. The van der Waals surface area contributed by atoms with Crippen LogP contribution in [0.5, 0.6) is 0 Å². The molecule has 1 aliphatic heterocycles. The van der Waals surface area contributed by atoms with Gasteiger partial charge in [-0.05, 0) is 24.6 Å². The first-order valence-corrected chi connectivity index (χ1v) is 7.49. The summed E-state index contributed by atoms with van der Waals surface area (Å²) in [5.74, 6) is -0.334. The highest BCUT2D eigenvalue weighted by Crippen LogP contribution is 2.25. The Hall–Kier alpha value is -0.650. The monoisotopic (exact) mass is 277 g/mol. The van der Waals surface area contributed by atoms with E-state index in [1.165, 1.54) is 12.1 Å². The molecule has 0 spiro atoms. The number of hydrogen-bond acceptors (Lipinski definition) is 3. The van der Waals surface area contributed by atoms with Crippen molar-refractivity contribution in [1.29, 1.82) is 0 Å². The van der Waals surface area contributed by atoms with Gasteiger partial charge in [0, 0.05) is 12.1 Å². The standard InChI is InChI=1S/C11H13ClFNO2S/c1-7-5-17(15,16)6-11(14-7)8-2-3-10(13)9(12)4-8/h2-4,7,11,14H,5-6H2,1H3. The predicted octanol–water partition coefficient (Wildman–Crippen LogP) is 1.93. The van der Waals surface area contributed by atoms with E-state index in [4.69, 9.17) is 11.6 Å². The minimum Gasteiger partial charge on any atom is -0.306 e. The molecule has 1 heterocycles. The third-order valence-corrected chi connectivity index (χ3v) is 4.89. The molecule has 1 saturated heterocycles. The van der Waals surface area contributed by atoms with E-state index in [-0.39, 0.29) is 28.6 Å². The van der Waals surface area contributed by atoms with Gasteiger partial charge < -0.3 is 5.32 Å². The fourth-order valence-electron chi connectivity index (χ4n) is 2.06. The second-order valence-corrected chi connectivity index (χ2v) is 6.93. The van der Waals surface area contributed by atoms with Crippen molar-refractivity contribution in [3.8, 4) is 0 Å². The van der Waals surface area contributed by atoms with Crippen LogP contribution in [0.3, 0.4) is 0 Å². The zero-order valence-corrected chi connectivity index (χ0v) is 10.9. The van der Waals surface area contributed by atoms with Crippen molar-refractivity contribution in [2.45, 2.75) is 19.0 Å². The van der Waals surface area contributed by atoms with Crippen LogP contribution in [0.2, 0.25) is 5.02 Å². The van der Waals surface area contributed by atoms with Gasteiger partial charge in [-0.25, -0.2) is 12.8 Å². The van der Waals surface area contributed by atoms with Crippen LogP contribution in [-0.4, -0.2) is 26.0 Å². The fourth-order valence-corrected chi connectivity index (χ4v) is 4.04. The van der Waals surface area contributed by atoms with Gasteiger partial charge in [-0.2, -0.15) is 0 Å². The van der Waals surface area contributed by atoms with E-state index in [1.807, 2.05) is 6.92 Å². The highest BCUT2D eigenvalue weighted by atomic mass is 35.5. The maximum absolute atomic E-state index is 13.0. The molecule has 2 atom stereocenters. The second-order valence-electron chi connectivity index (χ2n) is 4.37. The van der Waals surface area contributed by atoms with Gasteiger partial charge in [0.15, 0.2) is 9.84 Å². The predicted molar refractivity (Wildman–Crippen MR) is 65.4 cm³/mol. The van der Waals surface area contributed by atoms with Crippen molar-refractivity contribution in [3.63, 3.8) is 0 Å². The van der Waals surface area contributed by atoms with E-state index < -0.39 is 15.7 Å². The normalized spacial score (nSPS) is 27.9. The van der Waals surface area contributed by atoms with Crippen LogP contribution in [-0.2, 0) is 9.84 Å². The Morgan fingerprint density at radius 1 is 1.41 bits per heavy atom. The molecule has 1 N–H and O–H groups in total. The average Bonchev–Trinajstić information content (AvgIpc) is 2.19. The maximum Gasteiger partial charge on any atom is 0.153 e. The Morgan fingerprint density at radius 2 is 2.12 bits per heavy atom. The van der Waals surface area contributed by atoms with Gasteiger partial charge in [-0.1, -0.05) is 17.7 Å². The topological polar surface area (TPSA) is 46.2 Å². The summed E-state index contributed by atoms with van der Waals surface area (Å²) in [4.78, 5) is 0. The Labute approximate surface area is 105 Å². The summed E-state index contributed by atoms with van der Waals surface area (Å²) in [5.41, 5.74) is 0.700. The molecule has 2 rings (SSSR count). The van der Waals surface area contributed by atoms with Gasteiger partial charge in [0.05, 0.1) is 16.5 Å². The molecule has 6 heteroatoms. The van der Waals surface area contributed by atoms with Crippen LogP contribution in [0, 0.1) is 5.82 Å². The van der Waals surface area contributed by atoms with Crippen LogP contribution in [0.4, 0.5) is 4.39 Å². The quantitative estimate of drug-likeness (QED) is 0.853. The first-order chi connectivity index (χ1) is 7.87. The molecule has 0 amide bonds. The van der Waals surface area contributed by atoms with Crippen molar-refractivity contribution >= 4 is 21.4 Å². The Kier molecular flexibility index (Phi) is 3.43. The summed E-state index contributed by atoms with van der Waals surface area (Å²) in [6, 6.07) is 3.87. The molecule has 17 heavy (non-hydrogen) atoms.